The lowest BCUT2D eigenvalue weighted by atomic mass is 10.1. The van der Waals surface area contributed by atoms with Crippen molar-refractivity contribution < 1.29 is 12.6 Å². The number of hydrogen-bond donors (Lipinski definition) is 0. The number of rotatable bonds is 1. The minimum atomic E-state index is -3.56. The van der Waals surface area contributed by atoms with E-state index < -0.39 is 10.1 Å². The van der Waals surface area contributed by atoms with E-state index in [9.17, 15) is 8.42 Å². The lowest BCUT2D eigenvalue weighted by Gasteiger charge is -2.13. The molecule has 3 nitrogen and oxygen atoms in total. The summed E-state index contributed by atoms with van der Waals surface area (Å²) in [5, 5.41) is 1.11. The molecule has 0 radical (unpaired) electrons. The minimum absolute atomic E-state index is 0.371. The molecule has 0 bridgehead atoms. The number of benzene rings is 1. The molecule has 0 fully saturated rings. The monoisotopic (exact) mass is 222 g/mol. The van der Waals surface area contributed by atoms with Gasteiger partial charge in [0.05, 0.1) is 5.41 Å². The molecule has 1 aliphatic heterocycles. The minimum Gasteiger partial charge on any atom is -0.379 e. The molecular weight excluding hydrogens is 212 g/mol. The quantitative estimate of drug-likeness (QED) is 0.685. The zero-order valence-electron chi connectivity index (χ0n) is 8.17. The van der Waals surface area contributed by atoms with E-state index in [0.29, 0.717) is 11.3 Å². The Morgan fingerprint density at radius 3 is 2.40 bits per heavy atom. The number of allylic oxidation sites excluding steroid dienone is 2. The Bertz CT molecular complexity index is 524. The highest BCUT2D eigenvalue weighted by Crippen LogP contribution is 2.25. The fraction of sp³-hybridized carbons (Fsp3) is 0.0909. The summed E-state index contributed by atoms with van der Waals surface area (Å²) in [7, 11) is -3.56. The van der Waals surface area contributed by atoms with Crippen LogP contribution in [0.5, 0.6) is 0 Å². The van der Waals surface area contributed by atoms with Crippen molar-refractivity contribution in [2.24, 2.45) is 0 Å². The fourth-order valence-electron chi connectivity index (χ4n) is 1.38. The summed E-state index contributed by atoms with van der Waals surface area (Å²) < 4.78 is 27.5. The van der Waals surface area contributed by atoms with Gasteiger partial charge in [-0.2, -0.15) is 8.42 Å². The van der Waals surface area contributed by atoms with Crippen LogP contribution >= 0.6 is 0 Å². The molecule has 0 saturated heterocycles. The van der Waals surface area contributed by atoms with Gasteiger partial charge in [-0.3, -0.25) is 0 Å². The van der Waals surface area contributed by atoms with Crippen molar-refractivity contribution in [1.29, 1.82) is 0 Å². The van der Waals surface area contributed by atoms with Crippen LogP contribution in [0, 0.1) is 0 Å². The Hall–Kier alpha value is -1.55. The van der Waals surface area contributed by atoms with Gasteiger partial charge in [0, 0.05) is 5.56 Å². The van der Waals surface area contributed by atoms with Gasteiger partial charge < -0.3 is 4.18 Å². The van der Waals surface area contributed by atoms with E-state index in [-0.39, 0.29) is 0 Å². The highest BCUT2D eigenvalue weighted by Gasteiger charge is 2.17. The van der Waals surface area contributed by atoms with Gasteiger partial charge in [0.2, 0.25) is 0 Å². The van der Waals surface area contributed by atoms with Gasteiger partial charge in [0.25, 0.3) is 0 Å². The summed E-state index contributed by atoms with van der Waals surface area (Å²) >= 11 is 0. The SMILES string of the molecule is CC1=CS(=O)(=O)OC(c2ccccc2)=C1. The molecule has 0 unspecified atom stereocenters. The van der Waals surface area contributed by atoms with Gasteiger partial charge in [-0.15, -0.1) is 0 Å². The summed E-state index contributed by atoms with van der Waals surface area (Å²) in [6, 6.07) is 9.14. The fourth-order valence-corrected chi connectivity index (χ4v) is 2.34. The van der Waals surface area contributed by atoms with Crippen LogP contribution in [-0.4, -0.2) is 8.42 Å². The first-order valence-corrected chi connectivity index (χ1v) is 5.94. The van der Waals surface area contributed by atoms with Crippen molar-refractivity contribution >= 4 is 15.9 Å². The van der Waals surface area contributed by atoms with Crippen molar-refractivity contribution in [3.63, 3.8) is 0 Å². The molecule has 0 saturated carbocycles. The second-order valence-electron chi connectivity index (χ2n) is 3.31. The van der Waals surface area contributed by atoms with E-state index in [1.54, 1.807) is 25.1 Å². The summed E-state index contributed by atoms with van der Waals surface area (Å²) in [5.74, 6) is 0.371. The van der Waals surface area contributed by atoms with Crippen LogP contribution in [-0.2, 0) is 14.3 Å². The van der Waals surface area contributed by atoms with Crippen LogP contribution < -0.4 is 0 Å². The molecule has 2 rings (SSSR count). The molecule has 1 heterocycles. The molecule has 0 amide bonds. The highest BCUT2D eigenvalue weighted by molar-refractivity contribution is 7.90. The van der Waals surface area contributed by atoms with Gasteiger partial charge in [-0.25, -0.2) is 0 Å². The molecule has 0 atom stereocenters. The third-order valence-corrected chi connectivity index (χ3v) is 3.03. The summed E-state index contributed by atoms with van der Waals surface area (Å²) in [4.78, 5) is 0. The first kappa shape index (κ1) is 9.98. The molecule has 1 aromatic rings. The number of hydrogen-bond acceptors (Lipinski definition) is 3. The lowest BCUT2D eigenvalue weighted by Crippen LogP contribution is -2.06. The Morgan fingerprint density at radius 1 is 1.13 bits per heavy atom. The van der Waals surface area contributed by atoms with E-state index in [4.69, 9.17) is 4.18 Å². The Balaban J connectivity index is 2.46. The third kappa shape index (κ3) is 2.27. The maximum atomic E-state index is 11.3. The molecule has 15 heavy (non-hydrogen) atoms. The normalized spacial score (nSPS) is 18.7. The van der Waals surface area contributed by atoms with Gasteiger partial charge >= 0.3 is 10.1 Å². The molecule has 4 heteroatoms. The predicted octanol–water partition coefficient (Wildman–Crippen LogP) is 2.29. The van der Waals surface area contributed by atoms with E-state index in [2.05, 4.69) is 0 Å². The van der Waals surface area contributed by atoms with Crippen LogP contribution in [0.25, 0.3) is 5.76 Å². The van der Waals surface area contributed by atoms with Crippen molar-refractivity contribution in [2.45, 2.75) is 6.92 Å². The zero-order chi connectivity index (χ0) is 10.9. The predicted molar refractivity (Wildman–Crippen MR) is 58.2 cm³/mol. The zero-order valence-corrected chi connectivity index (χ0v) is 8.99. The Labute approximate surface area is 88.8 Å². The first-order chi connectivity index (χ1) is 7.07. The van der Waals surface area contributed by atoms with Crippen molar-refractivity contribution in [2.75, 3.05) is 0 Å². The van der Waals surface area contributed by atoms with E-state index in [1.807, 2.05) is 18.2 Å². The van der Waals surface area contributed by atoms with E-state index in [1.165, 1.54) is 0 Å². The molecular formula is C11H10O3S. The van der Waals surface area contributed by atoms with Gasteiger partial charge in [-0.1, -0.05) is 30.3 Å². The molecule has 78 valence electrons. The van der Waals surface area contributed by atoms with Crippen LogP contribution in [0.1, 0.15) is 12.5 Å². The molecule has 0 aliphatic carbocycles. The highest BCUT2D eigenvalue weighted by atomic mass is 32.2. The summed E-state index contributed by atoms with van der Waals surface area (Å²) in [6.45, 7) is 1.73. The average molecular weight is 222 g/mol. The molecule has 0 spiro atoms. The van der Waals surface area contributed by atoms with Crippen LogP contribution in [0.4, 0.5) is 0 Å². The second kappa shape index (κ2) is 3.55. The summed E-state index contributed by atoms with van der Waals surface area (Å²) in [5.41, 5.74) is 1.42. The van der Waals surface area contributed by atoms with Crippen molar-refractivity contribution in [3.05, 3.63) is 53.0 Å². The maximum absolute atomic E-state index is 11.3. The van der Waals surface area contributed by atoms with Crippen molar-refractivity contribution in [1.82, 2.24) is 0 Å². The van der Waals surface area contributed by atoms with Gasteiger partial charge in [0.1, 0.15) is 5.76 Å². The van der Waals surface area contributed by atoms with Gasteiger partial charge in [-0.05, 0) is 18.6 Å². The maximum Gasteiger partial charge on any atom is 0.332 e. The molecule has 0 aromatic heterocycles. The summed E-state index contributed by atoms with van der Waals surface area (Å²) in [6.07, 6.45) is 1.70. The largest absolute Gasteiger partial charge is 0.379 e. The van der Waals surface area contributed by atoms with Crippen LogP contribution in [0.3, 0.4) is 0 Å². The molecule has 1 aliphatic rings. The van der Waals surface area contributed by atoms with Crippen LogP contribution in [0.2, 0.25) is 0 Å². The first-order valence-electron chi connectivity index (χ1n) is 4.47. The average Bonchev–Trinajstić information content (AvgIpc) is 2.16. The Morgan fingerprint density at radius 2 is 1.80 bits per heavy atom. The van der Waals surface area contributed by atoms with E-state index in [0.717, 1.165) is 11.0 Å². The van der Waals surface area contributed by atoms with Crippen molar-refractivity contribution in [3.8, 4) is 0 Å². The Kier molecular flexibility index (Phi) is 2.36. The topological polar surface area (TPSA) is 43.4 Å². The van der Waals surface area contributed by atoms with Crippen LogP contribution in [0.15, 0.2) is 47.4 Å². The second-order valence-corrected chi connectivity index (χ2v) is 4.70. The molecule has 1 aromatic carbocycles. The smallest absolute Gasteiger partial charge is 0.332 e. The van der Waals surface area contributed by atoms with Gasteiger partial charge in [0.15, 0.2) is 0 Å². The molecule has 0 N–H and O–H groups in total. The third-order valence-electron chi connectivity index (χ3n) is 1.95. The lowest BCUT2D eigenvalue weighted by molar-refractivity contribution is 0.471. The van der Waals surface area contributed by atoms with E-state index >= 15 is 0 Å². The standard InChI is InChI=1S/C11H10O3S/c1-9-7-11(14-15(12,13)8-9)10-5-3-2-4-6-10/h2-8H,1H3.